The predicted molar refractivity (Wildman–Crippen MR) is 82.7 cm³/mol. The summed E-state index contributed by atoms with van der Waals surface area (Å²) in [6, 6.07) is 0.686. The molecule has 0 aromatic rings. The molecule has 0 atom stereocenters. The lowest BCUT2D eigenvalue weighted by atomic mass is 9.96. The van der Waals surface area contributed by atoms with E-state index in [1.54, 1.807) is 0 Å². The van der Waals surface area contributed by atoms with E-state index in [9.17, 15) is 0 Å². The van der Waals surface area contributed by atoms with Crippen molar-refractivity contribution in [2.75, 3.05) is 0 Å². The van der Waals surface area contributed by atoms with E-state index >= 15 is 0 Å². The second kappa shape index (κ2) is 12.3. The third kappa shape index (κ3) is 12.1. The fourth-order valence-electron chi connectivity index (χ4n) is 2.21. The highest BCUT2D eigenvalue weighted by atomic mass is 32.1. The molecule has 0 aromatic carbocycles. The van der Waals surface area contributed by atoms with E-state index in [0.29, 0.717) is 6.04 Å². The molecule has 1 N–H and O–H groups in total. The molecule has 0 saturated heterocycles. The van der Waals surface area contributed by atoms with Crippen LogP contribution >= 0.6 is 12.2 Å². The Kier molecular flexibility index (Phi) is 12.3. The quantitative estimate of drug-likeness (QED) is 0.534. The van der Waals surface area contributed by atoms with Crippen molar-refractivity contribution < 1.29 is 0 Å². The zero-order chi connectivity index (χ0) is 12.9. The molecular formula is C15H31NS. The maximum absolute atomic E-state index is 4.97. The summed E-state index contributed by atoms with van der Waals surface area (Å²) in [7, 11) is 0. The topological polar surface area (TPSA) is 12.0 Å². The molecule has 0 radical (unpaired) electrons. The largest absolute Gasteiger partial charge is 0.377 e. The molecule has 102 valence electrons. The highest BCUT2D eigenvalue weighted by Gasteiger charge is 2.11. The highest BCUT2D eigenvalue weighted by Crippen LogP contribution is 2.17. The van der Waals surface area contributed by atoms with Crippen LogP contribution in [0, 0.1) is 0 Å². The van der Waals surface area contributed by atoms with Gasteiger partial charge in [-0.2, -0.15) is 0 Å². The monoisotopic (exact) mass is 257 g/mol. The van der Waals surface area contributed by atoms with Crippen molar-refractivity contribution in [3.05, 3.63) is 0 Å². The average molecular weight is 257 g/mol. The molecule has 1 aliphatic carbocycles. The second-order valence-corrected chi connectivity index (χ2v) is 5.71. The lowest BCUT2D eigenvalue weighted by Crippen LogP contribution is -2.33. The number of rotatable bonds is 5. The Labute approximate surface area is 114 Å². The summed E-state index contributed by atoms with van der Waals surface area (Å²) >= 11 is 4.97. The van der Waals surface area contributed by atoms with Gasteiger partial charge in [-0.25, -0.2) is 0 Å². The Hall–Kier alpha value is -0.110. The first-order valence-corrected chi connectivity index (χ1v) is 7.88. The van der Waals surface area contributed by atoms with Crippen LogP contribution in [0.1, 0.15) is 85.0 Å². The van der Waals surface area contributed by atoms with Gasteiger partial charge in [0, 0.05) is 6.04 Å². The second-order valence-electron chi connectivity index (χ2n) is 5.10. The molecule has 1 fully saturated rings. The first-order chi connectivity index (χ1) is 8.20. The van der Waals surface area contributed by atoms with Crippen molar-refractivity contribution in [3.63, 3.8) is 0 Å². The van der Waals surface area contributed by atoms with E-state index in [4.69, 9.17) is 12.2 Å². The van der Waals surface area contributed by atoms with Crippen molar-refractivity contribution in [1.29, 1.82) is 0 Å². The first kappa shape index (κ1) is 16.9. The smallest absolute Gasteiger partial charge is 0.0724 e. The minimum atomic E-state index is 0.686. The first-order valence-electron chi connectivity index (χ1n) is 7.47. The van der Waals surface area contributed by atoms with Crippen LogP contribution < -0.4 is 5.32 Å². The van der Waals surface area contributed by atoms with Crippen molar-refractivity contribution in [2.45, 2.75) is 91.0 Å². The van der Waals surface area contributed by atoms with Gasteiger partial charge >= 0.3 is 0 Å². The summed E-state index contributed by atoms with van der Waals surface area (Å²) in [6.45, 7) is 6.45. The number of thiocarbonyl (C=S) groups is 1. The average Bonchev–Trinajstić information content (AvgIpc) is 2.31. The summed E-state index contributed by atoms with van der Waals surface area (Å²) in [4.78, 5) is 0.951. The van der Waals surface area contributed by atoms with E-state index in [-0.39, 0.29) is 0 Å². The summed E-state index contributed by atoms with van der Waals surface area (Å²) < 4.78 is 0. The van der Waals surface area contributed by atoms with Gasteiger partial charge in [0.2, 0.25) is 0 Å². The molecule has 1 aliphatic rings. The fraction of sp³-hybridized carbons (Fsp3) is 0.933. The minimum absolute atomic E-state index is 0.686. The minimum Gasteiger partial charge on any atom is -0.377 e. The Bertz CT molecular complexity index is 170. The molecule has 0 amide bonds. The van der Waals surface area contributed by atoms with E-state index in [0.717, 1.165) is 4.99 Å². The Morgan fingerprint density at radius 2 is 1.53 bits per heavy atom. The number of nitrogens with one attached hydrogen (secondary N) is 1. The highest BCUT2D eigenvalue weighted by molar-refractivity contribution is 7.80. The molecule has 0 spiro atoms. The molecule has 0 unspecified atom stereocenters. The van der Waals surface area contributed by atoms with Gasteiger partial charge in [0.25, 0.3) is 0 Å². The number of hydrogen-bond donors (Lipinski definition) is 1. The van der Waals surface area contributed by atoms with Crippen LogP contribution in [0.2, 0.25) is 0 Å². The van der Waals surface area contributed by atoms with Crippen LogP contribution in [-0.4, -0.2) is 11.0 Å². The molecule has 0 aliphatic heterocycles. The van der Waals surface area contributed by atoms with Gasteiger partial charge in [0.05, 0.1) is 4.99 Å². The molecule has 1 nitrogen and oxygen atoms in total. The van der Waals surface area contributed by atoms with E-state index in [2.05, 4.69) is 19.2 Å². The van der Waals surface area contributed by atoms with E-state index in [1.165, 1.54) is 64.2 Å². The van der Waals surface area contributed by atoms with Gasteiger partial charge in [-0.1, -0.05) is 77.4 Å². The molecule has 1 rings (SSSR count). The lowest BCUT2D eigenvalue weighted by Gasteiger charge is -2.22. The summed E-state index contributed by atoms with van der Waals surface area (Å²) in [5, 5.41) is 3.31. The molecule has 2 heteroatoms. The van der Waals surface area contributed by atoms with Gasteiger partial charge in [-0.05, 0) is 19.8 Å². The molecule has 17 heavy (non-hydrogen) atoms. The number of hydrogen-bond acceptors (Lipinski definition) is 1. The zero-order valence-electron chi connectivity index (χ0n) is 12.1. The van der Waals surface area contributed by atoms with Gasteiger partial charge in [0.1, 0.15) is 0 Å². The maximum Gasteiger partial charge on any atom is 0.0724 e. The standard InChI is InChI=1S/C8H15NS.C7H16/c1-7(10)9-8-5-3-2-4-6-8;1-3-5-7-6-4-2/h8H,2-6H2,1H3,(H,9,10);3-7H2,1-2H3. The summed E-state index contributed by atoms with van der Waals surface area (Å²) in [6.07, 6.45) is 13.8. The molecule has 0 aromatic heterocycles. The maximum atomic E-state index is 4.97. The Balaban J connectivity index is 0.000000325. The van der Waals surface area contributed by atoms with Crippen LogP contribution in [0.3, 0.4) is 0 Å². The van der Waals surface area contributed by atoms with Crippen LogP contribution in [0.5, 0.6) is 0 Å². The third-order valence-electron chi connectivity index (χ3n) is 3.22. The normalized spacial score (nSPS) is 15.9. The predicted octanol–water partition coefficient (Wildman–Crippen LogP) is 5.23. The Morgan fingerprint density at radius 3 is 1.94 bits per heavy atom. The van der Waals surface area contributed by atoms with E-state index < -0.39 is 0 Å². The van der Waals surface area contributed by atoms with Crippen LogP contribution in [0.4, 0.5) is 0 Å². The van der Waals surface area contributed by atoms with Crippen LogP contribution in [-0.2, 0) is 0 Å². The summed E-state index contributed by atoms with van der Waals surface area (Å²) in [5.74, 6) is 0. The SMILES string of the molecule is CC(=S)NC1CCCCC1.CCCCCCC. The number of unbranched alkanes of at least 4 members (excludes halogenated alkanes) is 4. The summed E-state index contributed by atoms with van der Waals surface area (Å²) in [5.41, 5.74) is 0. The van der Waals surface area contributed by atoms with Crippen molar-refractivity contribution in [1.82, 2.24) is 5.32 Å². The molecule has 0 heterocycles. The van der Waals surface area contributed by atoms with Crippen LogP contribution in [0.15, 0.2) is 0 Å². The van der Waals surface area contributed by atoms with Crippen molar-refractivity contribution in [2.24, 2.45) is 0 Å². The molecule has 1 saturated carbocycles. The molecule has 0 bridgehead atoms. The van der Waals surface area contributed by atoms with Crippen molar-refractivity contribution in [3.8, 4) is 0 Å². The third-order valence-corrected chi connectivity index (χ3v) is 3.34. The van der Waals surface area contributed by atoms with Gasteiger partial charge < -0.3 is 5.32 Å². The Morgan fingerprint density at radius 1 is 1.00 bits per heavy atom. The zero-order valence-corrected chi connectivity index (χ0v) is 12.9. The van der Waals surface area contributed by atoms with E-state index in [1.807, 2.05) is 6.92 Å². The lowest BCUT2D eigenvalue weighted by molar-refractivity contribution is 0.414. The molecular weight excluding hydrogens is 226 g/mol. The van der Waals surface area contributed by atoms with Gasteiger partial charge in [-0.3, -0.25) is 0 Å². The van der Waals surface area contributed by atoms with Crippen LogP contribution in [0.25, 0.3) is 0 Å². The van der Waals surface area contributed by atoms with Crippen molar-refractivity contribution >= 4 is 17.2 Å². The van der Waals surface area contributed by atoms with Gasteiger partial charge in [0.15, 0.2) is 0 Å². The van der Waals surface area contributed by atoms with Gasteiger partial charge in [-0.15, -0.1) is 0 Å². The fourth-order valence-corrected chi connectivity index (χ4v) is 2.38.